The predicted molar refractivity (Wildman–Crippen MR) is 80.1 cm³/mol. The van der Waals surface area contributed by atoms with Gasteiger partial charge in [0.05, 0.1) is 12.2 Å². The highest BCUT2D eigenvalue weighted by Gasteiger charge is 2.10. The molecule has 0 fully saturated rings. The molecule has 22 heavy (non-hydrogen) atoms. The molecule has 7 nitrogen and oxygen atoms in total. The molecular weight excluding hydrogens is 286 g/mol. The van der Waals surface area contributed by atoms with E-state index in [9.17, 15) is 9.59 Å². The molecule has 0 unspecified atom stereocenters. The Labute approximate surface area is 127 Å². The number of hydrogen-bond acceptors (Lipinski definition) is 4. The van der Waals surface area contributed by atoms with Crippen molar-refractivity contribution in [3.05, 3.63) is 36.0 Å². The number of amides is 2. The zero-order valence-electron chi connectivity index (χ0n) is 12.1. The fourth-order valence-electron chi connectivity index (χ4n) is 2.15. The van der Waals surface area contributed by atoms with Gasteiger partial charge in [-0.25, -0.2) is 11.0 Å². The molecule has 7 heteroatoms. The van der Waals surface area contributed by atoms with Crippen LogP contribution in [0.1, 0.15) is 36.0 Å². The largest absolute Gasteiger partial charge is 0.361 e. The van der Waals surface area contributed by atoms with Crippen LogP contribution in [0.2, 0.25) is 0 Å². The summed E-state index contributed by atoms with van der Waals surface area (Å²) in [6.45, 7) is 0.371. The third kappa shape index (κ3) is 4.31. The topological polar surface area (TPSA) is 103 Å². The molecule has 0 bridgehead atoms. The number of hydroxylamine groups is 2. The quantitative estimate of drug-likeness (QED) is 0.340. The maximum absolute atomic E-state index is 12.0. The first-order chi connectivity index (χ1) is 10.7. The molecule has 0 saturated heterocycles. The first-order valence-electron chi connectivity index (χ1n) is 7.13. The third-order valence-corrected chi connectivity index (χ3v) is 3.28. The van der Waals surface area contributed by atoms with Crippen molar-refractivity contribution >= 4 is 22.7 Å². The second-order valence-corrected chi connectivity index (χ2v) is 4.87. The summed E-state index contributed by atoms with van der Waals surface area (Å²) in [5.41, 5.74) is 5.45. The molecule has 0 aliphatic heterocycles. The summed E-state index contributed by atoms with van der Waals surface area (Å²) < 4.78 is 0. The van der Waals surface area contributed by atoms with Crippen molar-refractivity contribution in [3.63, 3.8) is 0 Å². The zero-order valence-corrected chi connectivity index (χ0v) is 12.1. The summed E-state index contributed by atoms with van der Waals surface area (Å²) in [6.07, 6.45) is 4.21. The number of unbranched alkanes of at least 4 members (excludes halogenated alkanes) is 2. The Hall–Kier alpha value is -2.38. The lowest BCUT2D eigenvalue weighted by Crippen LogP contribution is -2.24. The number of aromatic amines is 1. The summed E-state index contributed by atoms with van der Waals surface area (Å²) in [5, 5.41) is 9.18. The second kappa shape index (κ2) is 8.16. The van der Waals surface area contributed by atoms with Crippen molar-refractivity contribution in [2.24, 2.45) is 0 Å². The predicted octanol–water partition coefficient (Wildman–Crippen LogP) is 1.90. The van der Waals surface area contributed by atoms with Crippen molar-refractivity contribution in [2.75, 3.05) is 6.61 Å². The molecule has 2 aromatic rings. The van der Waals surface area contributed by atoms with E-state index in [2.05, 4.69) is 10.5 Å². The third-order valence-electron chi connectivity index (χ3n) is 3.28. The molecule has 2 amide bonds. The van der Waals surface area contributed by atoms with E-state index < -0.39 is 5.91 Å². The van der Waals surface area contributed by atoms with Crippen LogP contribution in [0.15, 0.2) is 30.5 Å². The Morgan fingerprint density at radius 3 is 2.86 bits per heavy atom. The number of nitrogens with one attached hydrogen (secondary N) is 3. The van der Waals surface area contributed by atoms with Crippen LogP contribution in [-0.4, -0.2) is 28.6 Å². The first-order valence-corrected chi connectivity index (χ1v) is 7.13. The Morgan fingerprint density at radius 2 is 2.05 bits per heavy atom. The molecule has 0 aliphatic carbocycles. The number of carbonyl (C=O) groups is 2. The molecule has 1 aromatic carbocycles. The van der Waals surface area contributed by atoms with Crippen LogP contribution in [0, 0.1) is 0 Å². The lowest BCUT2D eigenvalue weighted by atomic mass is 10.1. The monoisotopic (exact) mass is 305 g/mol. The van der Waals surface area contributed by atoms with Gasteiger partial charge in [-0.1, -0.05) is 12.5 Å². The van der Waals surface area contributed by atoms with Crippen molar-refractivity contribution in [2.45, 2.75) is 25.7 Å². The average molecular weight is 305 g/mol. The number of aromatic nitrogens is 1. The van der Waals surface area contributed by atoms with Gasteiger partial charge in [-0.15, -0.1) is 0 Å². The Kier molecular flexibility index (Phi) is 5.93. The highest BCUT2D eigenvalue weighted by molar-refractivity contribution is 6.05. The fraction of sp³-hybridized carbons (Fsp3) is 0.333. The van der Waals surface area contributed by atoms with Gasteiger partial charge in [-0.2, -0.15) is 0 Å². The summed E-state index contributed by atoms with van der Waals surface area (Å²) in [4.78, 5) is 31.0. The van der Waals surface area contributed by atoms with Crippen LogP contribution < -0.4 is 11.0 Å². The summed E-state index contributed by atoms with van der Waals surface area (Å²) >= 11 is 0. The molecule has 1 heterocycles. The first kappa shape index (κ1) is 16.0. The van der Waals surface area contributed by atoms with Crippen LogP contribution in [0.3, 0.4) is 0 Å². The van der Waals surface area contributed by atoms with Gasteiger partial charge in [0.1, 0.15) is 0 Å². The summed E-state index contributed by atoms with van der Waals surface area (Å²) in [6, 6.07) is 7.29. The van der Waals surface area contributed by atoms with Crippen molar-refractivity contribution in [3.8, 4) is 0 Å². The minimum Gasteiger partial charge on any atom is -0.361 e. The van der Waals surface area contributed by atoms with Gasteiger partial charge < -0.3 is 4.98 Å². The van der Waals surface area contributed by atoms with Crippen molar-refractivity contribution in [1.29, 1.82) is 0 Å². The van der Waals surface area contributed by atoms with E-state index in [1.807, 2.05) is 12.1 Å². The Bertz CT molecular complexity index is 639. The number of H-pyrrole nitrogens is 1. The average Bonchev–Trinajstić information content (AvgIpc) is 3.01. The maximum atomic E-state index is 12.0. The van der Waals surface area contributed by atoms with E-state index in [4.69, 9.17) is 10.0 Å². The highest BCUT2D eigenvalue weighted by atomic mass is 16.6. The SMILES string of the molecule is O=C(CCCCCONC(=O)c1cccc2[nH]ccc12)NO. The van der Waals surface area contributed by atoms with Gasteiger partial charge in [0.2, 0.25) is 5.91 Å². The maximum Gasteiger partial charge on any atom is 0.275 e. The number of hydrogen-bond donors (Lipinski definition) is 4. The molecule has 2 rings (SSSR count). The van der Waals surface area contributed by atoms with Gasteiger partial charge >= 0.3 is 0 Å². The number of rotatable bonds is 8. The molecule has 4 N–H and O–H groups in total. The lowest BCUT2D eigenvalue weighted by Gasteiger charge is -2.07. The van der Waals surface area contributed by atoms with Gasteiger partial charge in [0.15, 0.2) is 0 Å². The van der Waals surface area contributed by atoms with Crippen LogP contribution in [-0.2, 0) is 9.63 Å². The zero-order chi connectivity index (χ0) is 15.8. The molecule has 1 aromatic heterocycles. The molecular formula is C15H19N3O4. The molecule has 0 saturated carbocycles. The van der Waals surface area contributed by atoms with E-state index in [1.54, 1.807) is 23.8 Å². The van der Waals surface area contributed by atoms with Crippen LogP contribution in [0.5, 0.6) is 0 Å². The van der Waals surface area contributed by atoms with Gasteiger partial charge in [0, 0.05) is 23.5 Å². The number of benzene rings is 1. The minimum absolute atomic E-state index is 0.276. The van der Waals surface area contributed by atoms with Crippen LogP contribution in [0.4, 0.5) is 0 Å². The highest BCUT2D eigenvalue weighted by Crippen LogP contribution is 2.17. The van der Waals surface area contributed by atoms with E-state index in [-0.39, 0.29) is 12.3 Å². The smallest absolute Gasteiger partial charge is 0.275 e. The fourth-order valence-corrected chi connectivity index (χ4v) is 2.15. The van der Waals surface area contributed by atoms with Gasteiger partial charge in [-0.3, -0.25) is 19.6 Å². The van der Waals surface area contributed by atoms with Crippen LogP contribution >= 0.6 is 0 Å². The normalized spacial score (nSPS) is 10.6. The van der Waals surface area contributed by atoms with E-state index >= 15 is 0 Å². The van der Waals surface area contributed by atoms with Crippen molar-refractivity contribution < 1.29 is 19.6 Å². The molecule has 0 atom stereocenters. The lowest BCUT2D eigenvalue weighted by molar-refractivity contribution is -0.129. The summed E-state index contributed by atoms with van der Waals surface area (Å²) in [5.74, 6) is -0.682. The van der Waals surface area contributed by atoms with Crippen LogP contribution in [0.25, 0.3) is 10.9 Å². The minimum atomic E-state index is -0.395. The Morgan fingerprint density at radius 1 is 1.18 bits per heavy atom. The molecule has 0 aliphatic rings. The Balaban J connectivity index is 1.68. The van der Waals surface area contributed by atoms with E-state index in [0.717, 1.165) is 17.3 Å². The van der Waals surface area contributed by atoms with Gasteiger partial charge in [0.25, 0.3) is 5.91 Å². The number of carbonyl (C=O) groups excluding carboxylic acids is 2. The summed E-state index contributed by atoms with van der Waals surface area (Å²) in [7, 11) is 0. The standard InChI is InChI=1S/C15H19N3O4/c19-14(17-21)7-2-1-3-10-22-18-15(20)12-5-4-6-13-11(12)8-9-16-13/h4-6,8-9,16,21H,1-3,7,10H2,(H,17,19)(H,18,20). The van der Waals surface area contributed by atoms with Crippen molar-refractivity contribution in [1.82, 2.24) is 15.9 Å². The number of fused-ring (bicyclic) bond motifs is 1. The van der Waals surface area contributed by atoms with Gasteiger partial charge in [-0.05, 0) is 31.0 Å². The van der Waals surface area contributed by atoms with E-state index in [0.29, 0.717) is 25.0 Å². The second-order valence-electron chi connectivity index (χ2n) is 4.87. The molecule has 118 valence electrons. The van der Waals surface area contributed by atoms with E-state index in [1.165, 1.54) is 0 Å². The molecule has 0 spiro atoms. The molecule has 0 radical (unpaired) electrons.